The molecule has 3 aromatic rings. The number of carbonyl (C=O) groups excluding carboxylic acids is 3. The molecule has 0 spiro atoms. The third-order valence-corrected chi connectivity index (χ3v) is 8.60. The molecule has 2 fully saturated rings. The molecule has 208 valence electrons. The van der Waals surface area contributed by atoms with E-state index in [-0.39, 0.29) is 42.0 Å². The van der Waals surface area contributed by atoms with E-state index in [1.807, 2.05) is 38.1 Å². The van der Waals surface area contributed by atoms with E-state index in [0.29, 0.717) is 31.9 Å². The fourth-order valence-electron chi connectivity index (χ4n) is 6.30. The van der Waals surface area contributed by atoms with Crippen LogP contribution in [0.15, 0.2) is 47.3 Å². The number of halogens is 1. The maximum atomic E-state index is 16.1. The van der Waals surface area contributed by atoms with Gasteiger partial charge in [0.2, 0.25) is 24.0 Å². The molecule has 2 atom stereocenters. The molecule has 10 nitrogen and oxygen atoms in total. The molecule has 11 heteroatoms. The minimum Gasteiger partial charge on any atom is -0.384 e. The maximum Gasteiger partial charge on any atom is 0.255 e. The summed E-state index contributed by atoms with van der Waals surface area (Å²) in [7, 11) is 0. The van der Waals surface area contributed by atoms with E-state index in [9.17, 15) is 19.5 Å². The molecule has 3 amide bonds. The maximum absolute atomic E-state index is 16.1. The molecular weight excluding hydrogens is 517 g/mol. The number of nitrogens with one attached hydrogen (secondary N) is 1. The van der Waals surface area contributed by atoms with Crippen LogP contribution in [0.3, 0.4) is 0 Å². The second-order valence-corrected chi connectivity index (χ2v) is 11.5. The zero-order chi connectivity index (χ0) is 28.2. The van der Waals surface area contributed by atoms with Crippen LogP contribution in [0.4, 0.5) is 4.39 Å². The van der Waals surface area contributed by atoms with E-state index in [1.54, 1.807) is 6.07 Å². The third-order valence-electron chi connectivity index (χ3n) is 8.60. The minimum atomic E-state index is -1.46. The Balaban J connectivity index is 1.19. The Morgan fingerprint density at radius 3 is 2.60 bits per heavy atom. The van der Waals surface area contributed by atoms with Crippen LogP contribution in [0.2, 0.25) is 0 Å². The molecule has 3 aliphatic heterocycles. The smallest absolute Gasteiger partial charge is 0.255 e. The van der Waals surface area contributed by atoms with Gasteiger partial charge in [-0.15, -0.1) is 0 Å². The highest BCUT2D eigenvalue weighted by atomic mass is 19.1. The first-order chi connectivity index (χ1) is 19.1. The number of piperidine rings is 2. The van der Waals surface area contributed by atoms with Crippen LogP contribution in [0.1, 0.15) is 60.2 Å². The molecule has 0 aliphatic carbocycles. The lowest BCUT2D eigenvalue weighted by atomic mass is 9.66. The number of aliphatic hydroxyl groups is 1. The van der Waals surface area contributed by atoms with Crippen molar-refractivity contribution in [3.8, 4) is 11.4 Å². The highest BCUT2D eigenvalue weighted by Crippen LogP contribution is 2.48. The number of benzene rings is 2. The summed E-state index contributed by atoms with van der Waals surface area (Å²) < 4.78 is 20.9. The number of likely N-dealkylation sites (tertiary alicyclic amines) is 1. The van der Waals surface area contributed by atoms with E-state index in [2.05, 4.69) is 20.4 Å². The molecule has 2 saturated heterocycles. The van der Waals surface area contributed by atoms with Crippen molar-refractivity contribution in [3.05, 3.63) is 70.9 Å². The minimum absolute atomic E-state index is 0.0807. The Morgan fingerprint density at radius 1 is 1.15 bits per heavy atom. The van der Waals surface area contributed by atoms with Crippen molar-refractivity contribution in [2.24, 2.45) is 5.41 Å². The van der Waals surface area contributed by atoms with Crippen molar-refractivity contribution in [2.45, 2.75) is 57.8 Å². The van der Waals surface area contributed by atoms with Gasteiger partial charge in [-0.3, -0.25) is 24.6 Å². The second kappa shape index (κ2) is 9.60. The molecule has 0 radical (unpaired) electrons. The summed E-state index contributed by atoms with van der Waals surface area (Å²) in [5, 5.41) is 18.1. The van der Waals surface area contributed by atoms with Gasteiger partial charge in [0.25, 0.3) is 5.91 Å². The van der Waals surface area contributed by atoms with Crippen molar-refractivity contribution in [2.75, 3.05) is 13.1 Å². The number of aromatic nitrogens is 2. The van der Waals surface area contributed by atoms with E-state index < -0.39 is 34.7 Å². The second-order valence-electron chi connectivity index (χ2n) is 11.5. The molecule has 3 aliphatic rings. The van der Waals surface area contributed by atoms with Gasteiger partial charge in [-0.2, -0.15) is 4.98 Å². The number of rotatable bonds is 5. The van der Waals surface area contributed by atoms with Gasteiger partial charge in [-0.1, -0.05) is 49.3 Å². The van der Waals surface area contributed by atoms with Crippen LogP contribution in [0.5, 0.6) is 0 Å². The van der Waals surface area contributed by atoms with Gasteiger partial charge in [0.1, 0.15) is 11.9 Å². The van der Waals surface area contributed by atoms with E-state index >= 15 is 4.39 Å². The molecule has 1 aromatic heterocycles. The molecule has 4 heterocycles. The Labute approximate surface area is 230 Å². The highest BCUT2D eigenvalue weighted by molar-refractivity contribution is 6.05. The topological polar surface area (TPSA) is 129 Å². The molecule has 6 rings (SSSR count). The Morgan fingerprint density at radius 2 is 1.93 bits per heavy atom. The summed E-state index contributed by atoms with van der Waals surface area (Å²) in [5.41, 5.74) is 0.303. The third kappa shape index (κ3) is 4.29. The summed E-state index contributed by atoms with van der Waals surface area (Å²) in [6, 6.07) is 10.1. The molecule has 2 aromatic carbocycles. The van der Waals surface area contributed by atoms with E-state index in [4.69, 9.17) is 4.52 Å². The number of amides is 3. The van der Waals surface area contributed by atoms with Gasteiger partial charge in [0.15, 0.2) is 0 Å². The van der Waals surface area contributed by atoms with Crippen LogP contribution in [-0.4, -0.2) is 61.9 Å². The monoisotopic (exact) mass is 547 g/mol. The zero-order valence-electron chi connectivity index (χ0n) is 22.3. The van der Waals surface area contributed by atoms with Crippen LogP contribution < -0.4 is 5.32 Å². The summed E-state index contributed by atoms with van der Waals surface area (Å²) >= 11 is 0. The van der Waals surface area contributed by atoms with E-state index in [0.717, 1.165) is 11.1 Å². The number of carbonyl (C=O) groups is 3. The quantitative estimate of drug-likeness (QED) is 0.467. The fraction of sp³-hybridized carbons (Fsp3) is 0.414. The van der Waals surface area contributed by atoms with Gasteiger partial charge in [0.05, 0.1) is 12.1 Å². The SMILES string of the molecule is CC1(C)CN(Cc2ccc(-c3ncon3)cc2)CC[C@]1(O)c1ccc2c(c1F)CN(C1CCC(=O)NC1=O)C2=O. The van der Waals surface area contributed by atoms with Gasteiger partial charge in [-0.05, 0) is 24.5 Å². The van der Waals surface area contributed by atoms with Crippen molar-refractivity contribution in [3.63, 3.8) is 0 Å². The van der Waals surface area contributed by atoms with Gasteiger partial charge in [0, 0.05) is 53.7 Å². The Hall–Kier alpha value is -3.96. The molecule has 2 N–H and O–H groups in total. The van der Waals surface area contributed by atoms with E-state index in [1.165, 1.54) is 17.4 Å². The van der Waals surface area contributed by atoms with Crippen molar-refractivity contribution < 1.29 is 28.4 Å². The predicted molar refractivity (Wildman–Crippen MR) is 140 cm³/mol. The lowest BCUT2D eigenvalue weighted by molar-refractivity contribution is -0.137. The van der Waals surface area contributed by atoms with Crippen molar-refractivity contribution in [1.82, 2.24) is 25.3 Å². The summed E-state index contributed by atoms with van der Waals surface area (Å²) in [5.74, 6) is -1.46. The fourth-order valence-corrected chi connectivity index (χ4v) is 6.30. The van der Waals surface area contributed by atoms with Crippen molar-refractivity contribution in [1.29, 1.82) is 0 Å². The van der Waals surface area contributed by atoms with Crippen molar-refractivity contribution >= 4 is 17.7 Å². The summed E-state index contributed by atoms with van der Waals surface area (Å²) in [4.78, 5) is 44.6. The molecule has 1 unspecified atom stereocenters. The molecule has 0 saturated carbocycles. The molecular formula is C29H30FN5O5. The summed E-state index contributed by atoms with van der Waals surface area (Å²) in [6.07, 6.45) is 1.92. The first kappa shape index (κ1) is 26.3. The number of fused-ring (bicyclic) bond motifs is 1. The van der Waals surface area contributed by atoms with Crippen LogP contribution in [0.25, 0.3) is 11.4 Å². The normalized spacial score (nSPS) is 24.8. The lowest BCUT2D eigenvalue weighted by Crippen LogP contribution is -2.55. The average Bonchev–Trinajstić information content (AvgIpc) is 3.56. The predicted octanol–water partition coefficient (Wildman–Crippen LogP) is 2.76. The average molecular weight is 548 g/mol. The standard InChI is InChI=1S/C29H30FN5O5/c1-28(2)15-34(13-17-3-5-18(6-4-17)25-31-16-40-33-25)12-11-29(28,39)21-8-7-19-20(24(21)30)14-35(27(19)38)22-9-10-23(36)32-26(22)37/h3-8,16,22,39H,9-15H2,1-2H3,(H,32,36,37)/t22?,29-/m0/s1. The first-order valence-electron chi connectivity index (χ1n) is 13.3. The highest BCUT2D eigenvalue weighted by Gasteiger charge is 2.51. The van der Waals surface area contributed by atoms with Gasteiger partial charge < -0.3 is 14.5 Å². The van der Waals surface area contributed by atoms with Crippen LogP contribution in [-0.2, 0) is 28.3 Å². The molecule has 40 heavy (non-hydrogen) atoms. The largest absolute Gasteiger partial charge is 0.384 e. The number of imide groups is 1. The zero-order valence-corrected chi connectivity index (χ0v) is 22.3. The van der Waals surface area contributed by atoms with Gasteiger partial charge in [-0.25, -0.2) is 4.39 Å². The lowest BCUT2D eigenvalue weighted by Gasteiger charge is -2.50. The Kier molecular flexibility index (Phi) is 6.30. The molecule has 0 bridgehead atoms. The summed E-state index contributed by atoms with van der Waals surface area (Å²) in [6.45, 7) is 5.49. The first-order valence-corrected chi connectivity index (χ1v) is 13.3. The van der Waals surface area contributed by atoms with Crippen LogP contribution >= 0.6 is 0 Å². The number of nitrogens with zero attached hydrogens (tertiary/aromatic N) is 4. The van der Waals surface area contributed by atoms with Crippen LogP contribution in [0, 0.1) is 11.2 Å². The number of hydrogen-bond donors (Lipinski definition) is 2. The Bertz CT molecular complexity index is 1490. The van der Waals surface area contributed by atoms with Gasteiger partial charge >= 0.3 is 0 Å². The number of hydrogen-bond acceptors (Lipinski definition) is 8.